The van der Waals surface area contributed by atoms with E-state index in [2.05, 4.69) is 39.7 Å². The van der Waals surface area contributed by atoms with Gasteiger partial charge in [-0.05, 0) is 41.3 Å². The lowest BCUT2D eigenvalue weighted by Gasteiger charge is -2.13. The lowest BCUT2D eigenvalue weighted by Crippen LogP contribution is -2.16. The topological polar surface area (TPSA) is 79.8 Å². The summed E-state index contributed by atoms with van der Waals surface area (Å²) >= 11 is 0. The summed E-state index contributed by atoms with van der Waals surface area (Å²) in [6.45, 7) is 4.77. The fraction of sp³-hybridized carbons (Fsp3) is 0.200. The molecule has 26 heavy (non-hydrogen) atoms. The molecule has 0 radical (unpaired) electrons. The minimum atomic E-state index is -0.274. The van der Waals surface area contributed by atoms with Gasteiger partial charge in [0.25, 0.3) is 5.91 Å². The van der Waals surface area contributed by atoms with E-state index in [1.165, 1.54) is 0 Å². The Morgan fingerprint density at radius 1 is 1.04 bits per heavy atom. The van der Waals surface area contributed by atoms with Crippen LogP contribution >= 0.6 is 0 Å². The van der Waals surface area contributed by atoms with Gasteiger partial charge in [-0.15, -0.1) is 10.2 Å². The number of amides is 1. The van der Waals surface area contributed by atoms with Gasteiger partial charge in [0.05, 0.1) is 0 Å². The number of nitrogens with one attached hydrogen (secondary N) is 2. The Morgan fingerprint density at radius 3 is 2.58 bits per heavy atom. The molecule has 2 aromatic heterocycles. The molecule has 3 aromatic rings. The van der Waals surface area contributed by atoms with E-state index in [0.29, 0.717) is 18.3 Å². The van der Waals surface area contributed by atoms with Gasteiger partial charge < -0.3 is 10.6 Å². The molecule has 0 fully saturated rings. The van der Waals surface area contributed by atoms with E-state index in [-0.39, 0.29) is 11.6 Å². The summed E-state index contributed by atoms with van der Waals surface area (Å²) in [5, 5.41) is 14.2. The van der Waals surface area contributed by atoms with E-state index in [1.54, 1.807) is 24.5 Å². The Morgan fingerprint density at radius 2 is 1.88 bits per heavy atom. The van der Waals surface area contributed by atoms with Crippen molar-refractivity contribution in [3.63, 3.8) is 0 Å². The fourth-order valence-corrected chi connectivity index (χ4v) is 2.54. The van der Waals surface area contributed by atoms with E-state index in [9.17, 15) is 4.79 Å². The fourth-order valence-electron chi connectivity index (χ4n) is 2.54. The highest BCUT2D eigenvalue weighted by atomic mass is 16.1. The minimum absolute atomic E-state index is 0.274. The van der Waals surface area contributed by atoms with Crippen LogP contribution in [0.4, 0.5) is 11.5 Å². The maximum Gasteiger partial charge on any atom is 0.276 e. The maximum absolute atomic E-state index is 12.4. The summed E-state index contributed by atoms with van der Waals surface area (Å²) in [4.78, 5) is 16.5. The molecule has 132 valence electrons. The Balaban J connectivity index is 1.64. The number of hydrogen-bond donors (Lipinski definition) is 2. The summed E-state index contributed by atoms with van der Waals surface area (Å²) < 4.78 is 0. The molecule has 0 aliphatic carbocycles. The number of aromatic nitrogens is 3. The third-order valence-electron chi connectivity index (χ3n) is 3.92. The number of rotatable bonds is 6. The molecular formula is C20H21N5O. The van der Waals surface area contributed by atoms with Gasteiger partial charge in [-0.25, -0.2) is 0 Å². The van der Waals surface area contributed by atoms with Crippen molar-refractivity contribution in [2.45, 2.75) is 26.3 Å². The van der Waals surface area contributed by atoms with Crippen LogP contribution in [-0.4, -0.2) is 21.1 Å². The highest BCUT2D eigenvalue weighted by Crippen LogP contribution is 2.24. The lowest BCUT2D eigenvalue weighted by atomic mass is 10.0. The van der Waals surface area contributed by atoms with Gasteiger partial charge in [-0.3, -0.25) is 9.78 Å². The summed E-state index contributed by atoms with van der Waals surface area (Å²) in [5.74, 6) is 0.647. The second kappa shape index (κ2) is 8.20. The van der Waals surface area contributed by atoms with Crippen LogP contribution in [0.1, 0.15) is 41.4 Å². The van der Waals surface area contributed by atoms with E-state index >= 15 is 0 Å². The molecule has 0 saturated carbocycles. The van der Waals surface area contributed by atoms with Crippen LogP contribution in [0.2, 0.25) is 0 Å². The molecule has 0 aliphatic heterocycles. The molecule has 0 aliphatic rings. The van der Waals surface area contributed by atoms with Crippen molar-refractivity contribution in [2.75, 3.05) is 10.6 Å². The van der Waals surface area contributed by atoms with Crippen molar-refractivity contribution in [2.24, 2.45) is 0 Å². The van der Waals surface area contributed by atoms with Gasteiger partial charge in [-0.2, -0.15) is 0 Å². The van der Waals surface area contributed by atoms with Crippen LogP contribution < -0.4 is 10.6 Å². The van der Waals surface area contributed by atoms with Gasteiger partial charge >= 0.3 is 0 Å². The number of anilines is 2. The molecule has 6 nitrogen and oxygen atoms in total. The Labute approximate surface area is 152 Å². The highest BCUT2D eigenvalue weighted by Gasteiger charge is 2.12. The zero-order chi connectivity index (χ0) is 18.4. The van der Waals surface area contributed by atoms with Crippen LogP contribution in [0.5, 0.6) is 0 Å². The van der Waals surface area contributed by atoms with Crippen LogP contribution in [-0.2, 0) is 6.54 Å². The number of carbonyl (C=O) groups is 1. The van der Waals surface area contributed by atoms with Gasteiger partial charge in [-0.1, -0.05) is 38.1 Å². The first-order valence-electron chi connectivity index (χ1n) is 8.50. The smallest absolute Gasteiger partial charge is 0.276 e. The average molecular weight is 347 g/mol. The van der Waals surface area contributed by atoms with E-state index in [1.807, 2.05) is 36.4 Å². The minimum Gasteiger partial charge on any atom is -0.364 e. The molecule has 2 heterocycles. The number of para-hydroxylation sites is 1. The summed E-state index contributed by atoms with van der Waals surface area (Å²) in [6, 6.07) is 15.0. The molecular weight excluding hydrogens is 326 g/mol. The number of nitrogens with zero attached hydrogens (tertiary/aromatic N) is 3. The number of hydrogen-bond acceptors (Lipinski definition) is 5. The largest absolute Gasteiger partial charge is 0.364 e. The molecule has 0 bridgehead atoms. The molecule has 1 aromatic carbocycles. The molecule has 0 atom stereocenters. The standard InChI is InChI=1S/C20H21N5O/c1-14(2)16-7-3-4-8-17(16)23-20(26)18-9-10-19(25-24-18)22-13-15-6-5-11-21-12-15/h3-12,14H,13H2,1-2H3,(H,22,25)(H,23,26). The third kappa shape index (κ3) is 4.42. The second-order valence-corrected chi connectivity index (χ2v) is 6.21. The van der Waals surface area contributed by atoms with Crippen molar-refractivity contribution in [3.05, 3.63) is 77.7 Å². The zero-order valence-electron chi connectivity index (χ0n) is 14.8. The van der Waals surface area contributed by atoms with Crippen molar-refractivity contribution >= 4 is 17.4 Å². The predicted molar refractivity (Wildman–Crippen MR) is 102 cm³/mol. The van der Waals surface area contributed by atoms with Crippen molar-refractivity contribution in [1.29, 1.82) is 0 Å². The summed E-state index contributed by atoms with van der Waals surface area (Å²) in [6.07, 6.45) is 3.52. The number of carbonyl (C=O) groups excluding carboxylic acids is 1. The predicted octanol–water partition coefficient (Wildman–Crippen LogP) is 3.86. The van der Waals surface area contributed by atoms with Crippen molar-refractivity contribution < 1.29 is 4.79 Å². The van der Waals surface area contributed by atoms with Crippen LogP contribution in [0.3, 0.4) is 0 Å². The normalized spacial score (nSPS) is 10.6. The van der Waals surface area contributed by atoms with Crippen molar-refractivity contribution in [1.82, 2.24) is 15.2 Å². The van der Waals surface area contributed by atoms with Gasteiger partial charge in [0, 0.05) is 24.6 Å². The van der Waals surface area contributed by atoms with Crippen LogP contribution in [0.25, 0.3) is 0 Å². The van der Waals surface area contributed by atoms with Crippen LogP contribution in [0.15, 0.2) is 60.9 Å². The zero-order valence-corrected chi connectivity index (χ0v) is 14.8. The van der Waals surface area contributed by atoms with Crippen LogP contribution in [0, 0.1) is 0 Å². The molecule has 0 saturated heterocycles. The molecule has 2 N–H and O–H groups in total. The molecule has 0 unspecified atom stereocenters. The van der Waals surface area contributed by atoms with Gasteiger partial charge in [0.2, 0.25) is 0 Å². The first kappa shape index (κ1) is 17.5. The second-order valence-electron chi connectivity index (χ2n) is 6.21. The summed E-state index contributed by atoms with van der Waals surface area (Å²) in [7, 11) is 0. The Bertz CT molecular complexity index is 863. The molecule has 6 heteroatoms. The summed E-state index contributed by atoms with van der Waals surface area (Å²) in [5.41, 5.74) is 3.20. The highest BCUT2D eigenvalue weighted by molar-refractivity contribution is 6.03. The van der Waals surface area contributed by atoms with E-state index in [0.717, 1.165) is 16.8 Å². The first-order chi connectivity index (χ1) is 12.6. The van der Waals surface area contributed by atoms with E-state index < -0.39 is 0 Å². The monoisotopic (exact) mass is 347 g/mol. The maximum atomic E-state index is 12.4. The molecule has 0 spiro atoms. The number of benzene rings is 1. The third-order valence-corrected chi connectivity index (χ3v) is 3.92. The SMILES string of the molecule is CC(C)c1ccccc1NC(=O)c1ccc(NCc2cccnc2)nn1. The van der Waals surface area contributed by atoms with Gasteiger partial charge in [0.15, 0.2) is 5.69 Å². The van der Waals surface area contributed by atoms with Crippen molar-refractivity contribution in [3.8, 4) is 0 Å². The quantitative estimate of drug-likeness (QED) is 0.708. The Kier molecular flexibility index (Phi) is 5.53. The first-order valence-corrected chi connectivity index (χ1v) is 8.50. The molecule has 1 amide bonds. The number of pyridine rings is 1. The average Bonchev–Trinajstić information content (AvgIpc) is 2.68. The molecule has 3 rings (SSSR count). The van der Waals surface area contributed by atoms with E-state index in [4.69, 9.17) is 0 Å². The van der Waals surface area contributed by atoms with Gasteiger partial charge in [0.1, 0.15) is 5.82 Å². The lowest BCUT2D eigenvalue weighted by molar-refractivity contribution is 0.102. The Hall–Kier alpha value is -3.28.